The number of hydrogen-bond acceptors (Lipinski definition) is 3. The fraction of sp³-hybridized carbons (Fsp3) is 0.571. The van der Waals surface area contributed by atoms with Crippen molar-refractivity contribution >= 4 is 0 Å². The van der Waals surface area contributed by atoms with Crippen molar-refractivity contribution in [3.8, 4) is 5.75 Å². The topological polar surface area (TPSA) is 49.7 Å². The standard InChI is InChI=1S/C14H22O3/c1-4-11-9-13(17-3)7-5-12(11)6-8-14(16)10(2)15/h5,7,9-10,14-16H,4,6,8H2,1-3H3. The molecule has 0 aliphatic carbocycles. The minimum Gasteiger partial charge on any atom is -0.497 e. The van der Waals surface area contributed by atoms with E-state index in [1.165, 1.54) is 11.1 Å². The first kappa shape index (κ1) is 14.0. The lowest BCUT2D eigenvalue weighted by Gasteiger charge is -2.15. The Bertz CT molecular complexity index is 347. The number of ether oxygens (including phenoxy) is 1. The molecule has 1 aromatic carbocycles. The molecule has 1 aromatic rings. The summed E-state index contributed by atoms with van der Waals surface area (Å²) in [6, 6.07) is 6.00. The van der Waals surface area contributed by atoms with Gasteiger partial charge in [-0.3, -0.25) is 0 Å². The number of benzene rings is 1. The van der Waals surface area contributed by atoms with Gasteiger partial charge >= 0.3 is 0 Å². The zero-order chi connectivity index (χ0) is 12.8. The number of hydrogen-bond donors (Lipinski definition) is 2. The third-order valence-electron chi connectivity index (χ3n) is 3.06. The maximum atomic E-state index is 9.58. The van der Waals surface area contributed by atoms with Gasteiger partial charge in [0.1, 0.15) is 5.75 Å². The smallest absolute Gasteiger partial charge is 0.119 e. The summed E-state index contributed by atoms with van der Waals surface area (Å²) in [5.41, 5.74) is 2.45. The summed E-state index contributed by atoms with van der Waals surface area (Å²) in [4.78, 5) is 0. The Balaban J connectivity index is 2.70. The Kier molecular flexibility index (Phi) is 5.45. The summed E-state index contributed by atoms with van der Waals surface area (Å²) < 4.78 is 5.19. The second-order valence-corrected chi connectivity index (χ2v) is 4.33. The van der Waals surface area contributed by atoms with E-state index in [0.29, 0.717) is 6.42 Å². The van der Waals surface area contributed by atoms with E-state index in [1.54, 1.807) is 14.0 Å². The van der Waals surface area contributed by atoms with E-state index in [-0.39, 0.29) is 0 Å². The molecule has 2 unspecified atom stereocenters. The Morgan fingerprint density at radius 2 is 1.94 bits per heavy atom. The lowest BCUT2D eigenvalue weighted by atomic mass is 9.98. The molecule has 17 heavy (non-hydrogen) atoms. The van der Waals surface area contributed by atoms with Crippen LogP contribution in [0.3, 0.4) is 0 Å². The fourth-order valence-corrected chi connectivity index (χ4v) is 1.85. The van der Waals surface area contributed by atoms with Gasteiger partial charge in [-0.05, 0) is 49.4 Å². The molecule has 0 bridgehead atoms. The largest absolute Gasteiger partial charge is 0.497 e. The molecule has 0 saturated carbocycles. The average Bonchev–Trinajstić information content (AvgIpc) is 2.35. The van der Waals surface area contributed by atoms with Crippen molar-refractivity contribution in [3.05, 3.63) is 29.3 Å². The third kappa shape index (κ3) is 4.02. The van der Waals surface area contributed by atoms with Gasteiger partial charge in [-0.2, -0.15) is 0 Å². The highest BCUT2D eigenvalue weighted by molar-refractivity contribution is 5.35. The van der Waals surface area contributed by atoms with Crippen LogP contribution >= 0.6 is 0 Å². The first-order valence-corrected chi connectivity index (χ1v) is 6.10. The van der Waals surface area contributed by atoms with Gasteiger partial charge in [-0.25, -0.2) is 0 Å². The molecular weight excluding hydrogens is 216 g/mol. The van der Waals surface area contributed by atoms with Crippen LogP contribution in [0.25, 0.3) is 0 Å². The number of aryl methyl sites for hydroxylation is 2. The molecule has 2 atom stereocenters. The lowest BCUT2D eigenvalue weighted by molar-refractivity contribution is 0.0265. The predicted octanol–water partition coefficient (Wildman–Crippen LogP) is 1.93. The SMILES string of the molecule is CCc1cc(OC)ccc1CCC(O)C(C)O. The zero-order valence-electron chi connectivity index (χ0n) is 10.8. The van der Waals surface area contributed by atoms with E-state index in [1.807, 2.05) is 18.2 Å². The van der Waals surface area contributed by atoms with Crippen molar-refractivity contribution in [3.63, 3.8) is 0 Å². The van der Waals surface area contributed by atoms with Crippen LogP contribution in [-0.4, -0.2) is 29.5 Å². The van der Waals surface area contributed by atoms with Crippen molar-refractivity contribution < 1.29 is 14.9 Å². The first-order chi connectivity index (χ1) is 8.08. The highest BCUT2D eigenvalue weighted by Gasteiger charge is 2.12. The minimum atomic E-state index is -0.668. The second-order valence-electron chi connectivity index (χ2n) is 4.33. The summed E-state index contributed by atoms with van der Waals surface area (Å²) in [5.74, 6) is 0.863. The van der Waals surface area contributed by atoms with E-state index in [0.717, 1.165) is 18.6 Å². The average molecular weight is 238 g/mol. The van der Waals surface area contributed by atoms with E-state index in [4.69, 9.17) is 4.74 Å². The highest BCUT2D eigenvalue weighted by atomic mass is 16.5. The molecule has 1 rings (SSSR count). The van der Waals surface area contributed by atoms with E-state index in [9.17, 15) is 10.2 Å². The van der Waals surface area contributed by atoms with E-state index >= 15 is 0 Å². The molecule has 0 radical (unpaired) electrons. The summed E-state index contributed by atoms with van der Waals surface area (Å²) in [6.45, 7) is 3.71. The Labute approximate surface area is 103 Å². The van der Waals surface area contributed by atoms with Crippen LogP contribution in [0, 0.1) is 0 Å². The normalized spacial score (nSPS) is 14.4. The van der Waals surface area contributed by atoms with Gasteiger partial charge in [-0.1, -0.05) is 13.0 Å². The quantitative estimate of drug-likeness (QED) is 0.796. The van der Waals surface area contributed by atoms with Gasteiger partial charge in [0.15, 0.2) is 0 Å². The summed E-state index contributed by atoms with van der Waals surface area (Å²) >= 11 is 0. The van der Waals surface area contributed by atoms with Gasteiger partial charge in [0.2, 0.25) is 0 Å². The lowest BCUT2D eigenvalue weighted by Crippen LogP contribution is -2.23. The summed E-state index contributed by atoms with van der Waals surface area (Å²) in [5, 5.41) is 18.8. The van der Waals surface area contributed by atoms with Crippen LogP contribution in [0.5, 0.6) is 5.75 Å². The highest BCUT2D eigenvalue weighted by Crippen LogP contribution is 2.20. The van der Waals surface area contributed by atoms with E-state index in [2.05, 4.69) is 6.92 Å². The van der Waals surface area contributed by atoms with Crippen molar-refractivity contribution in [2.45, 2.75) is 45.3 Å². The van der Waals surface area contributed by atoms with Crippen LogP contribution in [-0.2, 0) is 12.8 Å². The maximum Gasteiger partial charge on any atom is 0.119 e. The van der Waals surface area contributed by atoms with Gasteiger partial charge in [0.05, 0.1) is 19.3 Å². The van der Waals surface area contributed by atoms with Crippen LogP contribution in [0.1, 0.15) is 31.4 Å². The minimum absolute atomic E-state index is 0.580. The van der Waals surface area contributed by atoms with Crippen molar-refractivity contribution in [2.75, 3.05) is 7.11 Å². The van der Waals surface area contributed by atoms with Gasteiger partial charge in [0.25, 0.3) is 0 Å². The molecule has 0 aromatic heterocycles. The van der Waals surface area contributed by atoms with Crippen LogP contribution in [0.15, 0.2) is 18.2 Å². The van der Waals surface area contributed by atoms with Crippen molar-refractivity contribution in [2.24, 2.45) is 0 Å². The molecule has 0 saturated heterocycles. The molecule has 2 N–H and O–H groups in total. The van der Waals surface area contributed by atoms with Crippen molar-refractivity contribution in [1.29, 1.82) is 0 Å². The summed E-state index contributed by atoms with van der Waals surface area (Å²) in [7, 11) is 1.66. The molecular formula is C14H22O3. The molecule has 3 heteroatoms. The number of methoxy groups -OCH3 is 1. The molecule has 0 spiro atoms. The fourth-order valence-electron chi connectivity index (χ4n) is 1.85. The second kappa shape index (κ2) is 6.62. The molecule has 0 heterocycles. The van der Waals surface area contributed by atoms with Crippen molar-refractivity contribution in [1.82, 2.24) is 0 Å². The monoisotopic (exact) mass is 238 g/mol. The molecule has 0 aliphatic rings. The zero-order valence-corrected chi connectivity index (χ0v) is 10.8. The Hall–Kier alpha value is -1.06. The molecule has 0 amide bonds. The molecule has 3 nitrogen and oxygen atoms in total. The van der Waals surface area contributed by atoms with Crippen LogP contribution in [0.2, 0.25) is 0 Å². The number of aliphatic hydroxyl groups excluding tert-OH is 2. The first-order valence-electron chi connectivity index (χ1n) is 6.10. The Morgan fingerprint density at radius 1 is 1.24 bits per heavy atom. The van der Waals surface area contributed by atoms with Gasteiger partial charge in [-0.15, -0.1) is 0 Å². The third-order valence-corrected chi connectivity index (χ3v) is 3.06. The van der Waals surface area contributed by atoms with E-state index < -0.39 is 12.2 Å². The number of aliphatic hydroxyl groups is 2. The van der Waals surface area contributed by atoms with Gasteiger partial charge in [0, 0.05) is 0 Å². The van der Waals surface area contributed by atoms with Crippen LogP contribution in [0.4, 0.5) is 0 Å². The molecule has 0 fully saturated rings. The van der Waals surface area contributed by atoms with Crippen LogP contribution < -0.4 is 4.74 Å². The maximum absolute atomic E-state index is 9.58. The predicted molar refractivity (Wildman–Crippen MR) is 68.4 cm³/mol. The molecule has 96 valence electrons. The number of rotatable bonds is 6. The van der Waals surface area contributed by atoms with Gasteiger partial charge < -0.3 is 14.9 Å². The summed E-state index contributed by atoms with van der Waals surface area (Å²) in [6.07, 6.45) is 0.980. The molecule has 0 aliphatic heterocycles. The Morgan fingerprint density at radius 3 is 2.47 bits per heavy atom.